The van der Waals surface area contributed by atoms with E-state index in [9.17, 15) is 8.42 Å². The van der Waals surface area contributed by atoms with Crippen LogP contribution in [0.1, 0.15) is 38.7 Å². The average molecular weight is 306 g/mol. The van der Waals surface area contributed by atoms with Crippen molar-refractivity contribution >= 4 is 15.7 Å². The van der Waals surface area contributed by atoms with E-state index in [0.717, 1.165) is 24.1 Å². The molecule has 2 aliphatic rings. The smallest absolute Gasteiger partial charge is 0.200 e. The highest BCUT2D eigenvalue weighted by Crippen LogP contribution is 2.56. The van der Waals surface area contributed by atoms with Gasteiger partial charge in [0.15, 0.2) is 0 Å². The van der Waals surface area contributed by atoms with Gasteiger partial charge in [0.25, 0.3) is 10.0 Å². The van der Waals surface area contributed by atoms with Crippen molar-refractivity contribution in [1.82, 2.24) is 4.83 Å². The molecule has 21 heavy (non-hydrogen) atoms. The van der Waals surface area contributed by atoms with Gasteiger partial charge in [-0.15, -0.1) is 0 Å². The summed E-state index contributed by atoms with van der Waals surface area (Å²) in [4.78, 5) is 2.69. The number of hydrogen-bond donors (Lipinski definition) is 1. The zero-order chi connectivity index (χ0) is 15.3. The molecule has 2 saturated carbocycles. The second-order valence-corrected chi connectivity index (χ2v) is 8.34. The molecule has 0 radical (unpaired) electrons. The Morgan fingerprint density at radius 1 is 1.29 bits per heavy atom. The van der Waals surface area contributed by atoms with E-state index in [1.165, 1.54) is 6.42 Å². The standard InChI is InChI=1S/C16H22N2O2S/c1-11-4-6-14(7-5-11)21(19,20)18-17-15-10-13-8-9-16(15,3)12(13)2/h4-7,12-13,18H,8-10H2,1-3H3. The topological polar surface area (TPSA) is 58.5 Å². The first-order valence-electron chi connectivity index (χ1n) is 7.48. The predicted octanol–water partition coefficient (Wildman–Crippen LogP) is 3.09. The second kappa shape index (κ2) is 4.83. The fraction of sp³-hybridized carbons (Fsp3) is 0.562. The molecule has 3 atom stereocenters. The molecule has 114 valence electrons. The molecule has 0 spiro atoms. The van der Waals surface area contributed by atoms with Gasteiger partial charge in [-0.05, 0) is 50.2 Å². The summed E-state index contributed by atoms with van der Waals surface area (Å²) in [5.74, 6) is 1.26. The van der Waals surface area contributed by atoms with Crippen molar-refractivity contribution in [2.24, 2.45) is 22.4 Å². The molecule has 5 heteroatoms. The Labute approximate surface area is 126 Å². The zero-order valence-corrected chi connectivity index (χ0v) is 13.6. The maximum Gasteiger partial charge on any atom is 0.276 e. The number of sulfonamides is 1. The Balaban J connectivity index is 1.81. The molecule has 2 fully saturated rings. The summed E-state index contributed by atoms with van der Waals surface area (Å²) in [6.45, 7) is 6.40. The van der Waals surface area contributed by atoms with Gasteiger partial charge in [0.1, 0.15) is 0 Å². The lowest BCUT2D eigenvalue weighted by Gasteiger charge is -2.25. The maximum atomic E-state index is 12.3. The quantitative estimate of drug-likeness (QED) is 0.872. The lowest BCUT2D eigenvalue weighted by molar-refractivity contribution is 0.354. The van der Waals surface area contributed by atoms with E-state index in [1.807, 2.05) is 6.92 Å². The van der Waals surface area contributed by atoms with Gasteiger partial charge in [0.2, 0.25) is 0 Å². The summed E-state index contributed by atoms with van der Waals surface area (Å²) < 4.78 is 24.5. The monoisotopic (exact) mass is 306 g/mol. The molecule has 4 nitrogen and oxygen atoms in total. The number of hydrazone groups is 1. The molecule has 2 aliphatic carbocycles. The van der Waals surface area contributed by atoms with Crippen LogP contribution in [0.2, 0.25) is 0 Å². The van der Waals surface area contributed by atoms with Crippen LogP contribution in [0.15, 0.2) is 34.3 Å². The predicted molar refractivity (Wildman–Crippen MR) is 83.5 cm³/mol. The summed E-state index contributed by atoms with van der Waals surface area (Å²) in [6, 6.07) is 6.82. The van der Waals surface area contributed by atoms with Gasteiger partial charge in [0, 0.05) is 11.1 Å². The van der Waals surface area contributed by atoms with E-state index < -0.39 is 10.0 Å². The third kappa shape index (κ3) is 2.37. The third-order valence-corrected chi connectivity index (χ3v) is 6.72. The van der Waals surface area contributed by atoms with E-state index in [0.29, 0.717) is 11.8 Å². The number of benzene rings is 1. The SMILES string of the molecule is Cc1ccc(S(=O)(=O)NN=C2CC3CCC2(C)C3C)cc1. The molecule has 1 aromatic carbocycles. The summed E-state index contributed by atoms with van der Waals surface area (Å²) in [6.07, 6.45) is 3.28. The van der Waals surface area contributed by atoms with Crippen LogP contribution in [0.25, 0.3) is 0 Å². The van der Waals surface area contributed by atoms with Gasteiger partial charge in [-0.25, -0.2) is 4.83 Å². The summed E-state index contributed by atoms with van der Waals surface area (Å²) >= 11 is 0. The number of aryl methyl sites for hydroxylation is 1. The number of rotatable bonds is 3. The van der Waals surface area contributed by atoms with Gasteiger partial charge in [-0.3, -0.25) is 0 Å². The van der Waals surface area contributed by atoms with Gasteiger partial charge in [-0.2, -0.15) is 13.5 Å². The largest absolute Gasteiger partial charge is 0.276 e. The van der Waals surface area contributed by atoms with Crippen molar-refractivity contribution in [3.05, 3.63) is 29.8 Å². The molecule has 3 rings (SSSR count). The number of nitrogens with zero attached hydrogens (tertiary/aromatic N) is 1. The molecule has 0 heterocycles. The van der Waals surface area contributed by atoms with Crippen LogP contribution >= 0.6 is 0 Å². The van der Waals surface area contributed by atoms with E-state index in [4.69, 9.17) is 0 Å². The Morgan fingerprint density at radius 3 is 2.48 bits per heavy atom. The van der Waals surface area contributed by atoms with Crippen molar-refractivity contribution < 1.29 is 8.42 Å². The third-order valence-electron chi connectivity index (χ3n) is 5.49. The molecular weight excluding hydrogens is 284 g/mol. The van der Waals surface area contributed by atoms with Crippen molar-refractivity contribution in [2.75, 3.05) is 0 Å². The maximum absolute atomic E-state index is 12.3. The van der Waals surface area contributed by atoms with E-state index in [-0.39, 0.29) is 10.3 Å². The van der Waals surface area contributed by atoms with Crippen molar-refractivity contribution in [3.8, 4) is 0 Å². The molecule has 1 aromatic rings. The number of fused-ring (bicyclic) bond motifs is 2. The van der Waals surface area contributed by atoms with Crippen LogP contribution in [-0.4, -0.2) is 14.1 Å². The zero-order valence-electron chi connectivity index (χ0n) is 12.8. The first-order chi connectivity index (χ1) is 9.83. The van der Waals surface area contributed by atoms with Crippen LogP contribution in [0.4, 0.5) is 0 Å². The number of nitrogens with one attached hydrogen (secondary N) is 1. The molecule has 0 saturated heterocycles. The highest BCUT2D eigenvalue weighted by Gasteiger charge is 2.52. The molecule has 0 aromatic heterocycles. The fourth-order valence-electron chi connectivity index (χ4n) is 3.71. The van der Waals surface area contributed by atoms with Crippen molar-refractivity contribution in [3.63, 3.8) is 0 Å². The first kappa shape index (κ1) is 14.6. The highest BCUT2D eigenvalue weighted by atomic mass is 32.2. The van der Waals surface area contributed by atoms with Crippen LogP contribution < -0.4 is 4.83 Å². The molecule has 0 amide bonds. The summed E-state index contributed by atoms with van der Waals surface area (Å²) in [5.41, 5.74) is 2.12. The van der Waals surface area contributed by atoms with Crippen molar-refractivity contribution in [1.29, 1.82) is 0 Å². The van der Waals surface area contributed by atoms with Gasteiger partial charge < -0.3 is 0 Å². The van der Waals surface area contributed by atoms with Crippen LogP contribution in [0, 0.1) is 24.2 Å². The Kier molecular flexibility index (Phi) is 3.35. The summed E-state index contributed by atoms with van der Waals surface area (Å²) in [5, 5.41) is 4.28. The van der Waals surface area contributed by atoms with E-state index >= 15 is 0 Å². The van der Waals surface area contributed by atoms with Crippen LogP contribution in [0.5, 0.6) is 0 Å². The van der Waals surface area contributed by atoms with Crippen LogP contribution in [-0.2, 0) is 10.0 Å². The van der Waals surface area contributed by atoms with Crippen molar-refractivity contribution in [2.45, 2.75) is 44.9 Å². The first-order valence-corrected chi connectivity index (χ1v) is 8.97. The lowest BCUT2D eigenvalue weighted by Crippen LogP contribution is -2.29. The summed E-state index contributed by atoms with van der Waals surface area (Å²) in [7, 11) is -3.56. The Bertz CT molecular complexity index is 679. The lowest BCUT2D eigenvalue weighted by atomic mass is 9.80. The molecular formula is C16H22N2O2S. The Morgan fingerprint density at radius 2 is 1.95 bits per heavy atom. The number of hydrogen-bond acceptors (Lipinski definition) is 3. The second-order valence-electron chi connectivity index (χ2n) is 6.68. The minimum absolute atomic E-state index is 0.0699. The Hall–Kier alpha value is -1.36. The van der Waals surface area contributed by atoms with Crippen LogP contribution in [0.3, 0.4) is 0 Å². The van der Waals surface area contributed by atoms with E-state index in [2.05, 4.69) is 23.8 Å². The highest BCUT2D eigenvalue weighted by molar-refractivity contribution is 7.89. The fourth-order valence-corrected chi connectivity index (χ4v) is 4.54. The molecule has 1 N–H and O–H groups in total. The minimum atomic E-state index is -3.56. The molecule has 2 bridgehead atoms. The molecule has 0 aliphatic heterocycles. The van der Waals surface area contributed by atoms with E-state index in [1.54, 1.807) is 24.3 Å². The van der Waals surface area contributed by atoms with Gasteiger partial charge >= 0.3 is 0 Å². The van der Waals surface area contributed by atoms with Gasteiger partial charge in [0.05, 0.1) is 4.90 Å². The van der Waals surface area contributed by atoms with Gasteiger partial charge in [-0.1, -0.05) is 31.5 Å². The average Bonchev–Trinajstić information content (AvgIpc) is 2.85. The normalized spacial score (nSPS) is 33.6. The molecule has 3 unspecified atom stereocenters. The minimum Gasteiger partial charge on any atom is -0.200 e.